The van der Waals surface area contributed by atoms with Gasteiger partial charge < -0.3 is 5.32 Å². The quantitative estimate of drug-likeness (QED) is 0.564. The average molecular weight is 462 g/mol. The van der Waals surface area contributed by atoms with Crippen molar-refractivity contribution >= 4 is 31.4 Å². The molecule has 11 heteroatoms. The molecule has 2 aromatic carbocycles. The van der Waals surface area contributed by atoms with Gasteiger partial charge in [0.05, 0.1) is 21.2 Å². The van der Waals surface area contributed by atoms with E-state index in [1.165, 1.54) is 22.5 Å². The summed E-state index contributed by atoms with van der Waals surface area (Å²) in [7, 11) is -8.13. The van der Waals surface area contributed by atoms with Crippen LogP contribution >= 0.6 is 0 Å². The Labute approximate surface area is 176 Å². The van der Waals surface area contributed by atoms with E-state index in [0.29, 0.717) is 24.4 Å². The van der Waals surface area contributed by atoms with Gasteiger partial charge >= 0.3 is 0 Å². The van der Waals surface area contributed by atoms with E-state index >= 15 is 0 Å². The fourth-order valence-corrected chi connectivity index (χ4v) is 5.31. The van der Waals surface area contributed by atoms with Gasteiger partial charge in [-0.15, -0.1) is 0 Å². The van der Waals surface area contributed by atoms with Gasteiger partial charge in [-0.3, -0.25) is 4.72 Å². The molecule has 7 nitrogen and oxygen atoms in total. The standard InChI is InChI=1S/C19H25F2N3O4S2/c1-4-11-22-18-10-8-15(30(27,28)24(5-2)6-3)13-19(18)23-29(25,26)14-7-9-16(20)17(21)12-14/h7-10,12-13,22-23H,4-6,11H2,1-3H3. The number of benzene rings is 2. The zero-order valence-electron chi connectivity index (χ0n) is 16.9. The van der Waals surface area contributed by atoms with Crippen LogP contribution in [0.5, 0.6) is 0 Å². The third kappa shape index (κ3) is 5.27. The van der Waals surface area contributed by atoms with Gasteiger partial charge in [-0.05, 0) is 42.8 Å². The van der Waals surface area contributed by atoms with Crippen molar-refractivity contribution in [3.63, 3.8) is 0 Å². The Hall–Kier alpha value is -2.24. The first kappa shape index (κ1) is 24.0. The van der Waals surface area contributed by atoms with Crippen molar-refractivity contribution in [1.82, 2.24) is 4.31 Å². The second-order valence-electron chi connectivity index (χ2n) is 6.40. The minimum Gasteiger partial charge on any atom is -0.383 e. The highest BCUT2D eigenvalue weighted by molar-refractivity contribution is 7.92. The number of sulfonamides is 2. The van der Waals surface area contributed by atoms with E-state index in [9.17, 15) is 25.6 Å². The first-order valence-electron chi connectivity index (χ1n) is 9.42. The summed E-state index contributed by atoms with van der Waals surface area (Å²) in [6.45, 7) is 6.34. The Balaban J connectivity index is 2.53. The van der Waals surface area contributed by atoms with Crippen LogP contribution in [0.25, 0.3) is 0 Å². The molecule has 0 heterocycles. The van der Waals surface area contributed by atoms with Crippen LogP contribution in [0.4, 0.5) is 20.2 Å². The lowest BCUT2D eigenvalue weighted by molar-refractivity contribution is 0.445. The van der Waals surface area contributed by atoms with E-state index in [4.69, 9.17) is 0 Å². The van der Waals surface area contributed by atoms with E-state index < -0.39 is 36.6 Å². The summed E-state index contributed by atoms with van der Waals surface area (Å²) >= 11 is 0. The van der Waals surface area contributed by atoms with Crippen molar-refractivity contribution < 1.29 is 25.6 Å². The Morgan fingerprint density at radius 1 is 0.833 bits per heavy atom. The van der Waals surface area contributed by atoms with Crippen molar-refractivity contribution in [3.05, 3.63) is 48.0 Å². The number of nitrogens with zero attached hydrogens (tertiary/aromatic N) is 1. The predicted molar refractivity (Wildman–Crippen MR) is 112 cm³/mol. The fourth-order valence-electron chi connectivity index (χ4n) is 2.74. The third-order valence-electron chi connectivity index (χ3n) is 4.35. The molecule has 30 heavy (non-hydrogen) atoms. The molecule has 0 saturated carbocycles. The highest BCUT2D eigenvalue weighted by Gasteiger charge is 2.24. The SMILES string of the molecule is CCCNc1ccc(S(=O)(=O)N(CC)CC)cc1NS(=O)(=O)c1ccc(F)c(F)c1. The van der Waals surface area contributed by atoms with Crippen LogP contribution in [-0.2, 0) is 20.0 Å². The van der Waals surface area contributed by atoms with Crippen LogP contribution in [0, 0.1) is 11.6 Å². The monoisotopic (exact) mass is 461 g/mol. The molecule has 166 valence electrons. The van der Waals surface area contributed by atoms with Crippen molar-refractivity contribution in [2.75, 3.05) is 29.7 Å². The van der Waals surface area contributed by atoms with Crippen LogP contribution in [0.15, 0.2) is 46.2 Å². The third-order valence-corrected chi connectivity index (χ3v) is 7.75. The molecule has 0 atom stereocenters. The topological polar surface area (TPSA) is 95.6 Å². The van der Waals surface area contributed by atoms with Gasteiger partial charge in [0.2, 0.25) is 10.0 Å². The van der Waals surface area contributed by atoms with Crippen LogP contribution in [0.1, 0.15) is 27.2 Å². The van der Waals surface area contributed by atoms with E-state index in [1.54, 1.807) is 13.8 Å². The van der Waals surface area contributed by atoms with Gasteiger partial charge in [-0.25, -0.2) is 25.6 Å². The van der Waals surface area contributed by atoms with E-state index in [2.05, 4.69) is 10.0 Å². The first-order chi connectivity index (χ1) is 14.1. The maximum Gasteiger partial charge on any atom is 0.262 e. The minimum absolute atomic E-state index is 0.0126. The number of hydrogen-bond donors (Lipinski definition) is 2. The van der Waals surface area contributed by atoms with Crippen molar-refractivity contribution in [2.24, 2.45) is 0 Å². The Kier molecular flexibility index (Phi) is 7.78. The van der Waals surface area contributed by atoms with Crippen LogP contribution in [0.3, 0.4) is 0 Å². The molecule has 0 bridgehead atoms. The molecular formula is C19H25F2N3O4S2. The largest absolute Gasteiger partial charge is 0.383 e. The van der Waals surface area contributed by atoms with Gasteiger partial charge in [0, 0.05) is 19.6 Å². The molecule has 2 aromatic rings. The Bertz CT molecular complexity index is 1100. The van der Waals surface area contributed by atoms with E-state index in [1.807, 2.05) is 6.92 Å². The van der Waals surface area contributed by atoms with Gasteiger partial charge in [0.15, 0.2) is 11.6 Å². The van der Waals surface area contributed by atoms with Gasteiger partial charge in [-0.2, -0.15) is 4.31 Å². The summed E-state index contributed by atoms with van der Waals surface area (Å²) in [6.07, 6.45) is 0.745. The number of rotatable bonds is 10. The highest BCUT2D eigenvalue weighted by Crippen LogP contribution is 2.29. The van der Waals surface area contributed by atoms with Crippen molar-refractivity contribution in [1.29, 1.82) is 0 Å². The molecule has 0 unspecified atom stereocenters. The second kappa shape index (κ2) is 9.71. The van der Waals surface area contributed by atoms with Gasteiger partial charge in [-0.1, -0.05) is 20.8 Å². The van der Waals surface area contributed by atoms with Crippen LogP contribution < -0.4 is 10.0 Å². The maximum absolute atomic E-state index is 13.5. The van der Waals surface area contributed by atoms with Crippen molar-refractivity contribution in [3.8, 4) is 0 Å². The molecule has 0 amide bonds. The number of halogens is 2. The summed E-state index contributed by atoms with van der Waals surface area (Å²) in [5.41, 5.74) is 0.350. The Morgan fingerprint density at radius 2 is 1.47 bits per heavy atom. The summed E-state index contributed by atoms with van der Waals surface area (Å²) in [5, 5.41) is 3.02. The second-order valence-corrected chi connectivity index (χ2v) is 10.0. The zero-order chi connectivity index (χ0) is 22.5. The molecule has 0 fully saturated rings. The smallest absolute Gasteiger partial charge is 0.262 e. The number of nitrogens with one attached hydrogen (secondary N) is 2. The fraction of sp³-hybridized carbons (Fsp3) is 0.368. The van der Waals surface area contributed by atoms with Gasteiger partial charge in [0.25, 0.3) is 10.0 Å². The lowest BCUT2D eigenvalue weighted by Gasteiger charge is -2.20. The number of hydrogen-bond acceptors (Lipinski definition) is 5. The molecule has 0 aliphatic heterocycles. The lowest BCUT2D eigenvalue weighted by atomic mass is 10.2. The normalized spacial score (nSPS) is 12.2. The average Bonchev–Trinajstić information content (AvgIpc) is 2.69. The highest BCUT2D eigenvalue weighted by atomic mass is 32.2. The molecule has 0 aromatic heterocycles. The summed E-state index contributed by atoms with van der Waals surface area (Å²) < 4.78 is 81.3. The lowest BCUT2D eigenvalue weighted by Crippen LogP contribution is -2.30. The summed E-state index contributed by atoms with van der Waals surface area (Å²) in [6, 6.07) is 6.27. The van der Waals surface area contributed by atoms with Crippen molar-refractivity contribution in [2.45, 2.75) is 37.0 Å². The molecule has 0 saturated heterocycles. The molecule has 0 aliphatic rings. The maximum atomic E-state index is 13.5. The van der Waals surface area contributed by atoms with Crippen LogP contribution in [-0.4, -0.2) is 40.8 Å². The molecule has 0 aliphatic carbocycles. The zero-order valence-corrected chi connectivity index (χ0v) is 18.6. The Morgan fingerprint density at radius 3 is 2.03 bits per heavy atom. The first-order valence-corrected chi connectivity index (χ1v) is 12.3. The van der Waals surface area contributed by atoms with Crippen LogP contribution in [0.2, 0.25) is 0 Å². The molecule has 0 spiro atoms. The molecule has 0 radical (unpaired) electrons. The molecular weight excluding hydrogens is 436 g/mol. The number of anilines is 2. The molecule has 2 rings (SSSR count). The van der Waals surface area contributed by atoms with E-state index in [0.717, 1.165) is 12.5 Å². The summed E-state index contributed by atoms with van der Waals surface area (Å²) in [5.74, 6) is -2.48. The van der Waals surface area contributed by atoms with Gasteiger partial charge in [0.1, 0.15) is 0 Å². The summed E-state index contributed by atoms with van der Waals surface area (Å²) in [4.78, 5) is -0.573. The minimum atomic E-state index is -4.30. The van der Waals surface area contributed by atoms with E-state index in [-0.39, 0.29) is 23.7 Å². The molecule has 2 N–H and O–H groups in total. The predicted octanol–water partition coefficient (Wildman–Crippen LogP) is 3.62.